The molecular weight excluding hydrogens is 722 g/mol. The zero-order valence-electron chi connectivity index (χ0n) is 26.7. The van der Waals surface area contributed by atoms with E-state index in [2.05, 4.69) is 25.7 Å². The molecule has 0 spiro atoms. The fourth-order valence-corrected chi connectivity index (χ4v) is 6.00. The Kier molecular flexibility index (Phi) is 12.5. The number of nitro groups is 1. The van der Waals surface area contributed by atoms with Crippen LogP contribution in [0.25, 0.3) is 10.8 Å². The molecule has 2 aliphatic carbocycles. The maximum absolute atomic E-state index is 13.0. The number of hydrogen-bond donors (Lipinski definition) is 2. The first-order valence-corrected chi connectivity index (χ1v) is 16.8. The van der Waals surface area contributed by atoms with Crippen LogP contribution < -0.4 is 69.6 Å². The number of non-ortho nitro benzene ring substituents is 1. The zero-order chi connectivity index (χ0) is 34.9. The largest absolute Gasteiger partial charge is 1.00 e. The number of fused-ring (bicyclic) bond motifs is 2. The number of rotatable bonds is 7. The van der Waals surface area contributed by atoms with Crippen molar-refractivity contribution in [3.8, 4) is 5.75 Å². The summed E-state index contributed by atoms with van der Waals surface area (Å²) < 4.78 is 67.3. The van der Waals surface area contributed by atoms with Crippen molar-refractivity contribution < 1.29 is 95.1 Å². The number of allylic oxidation sites excluding steroid dienone is 6. The Bertz CT molecular complexity index is 2510. The van der Waals surface area contributed by atoms with Crippen LogP contribution >= 0.6 is 0 Å². The third kappa shape index (κ3) is 9.03. The van der Waals surface area contributed by atoms with Crippen LogP contribution in [0.15, 0.2) is 139 Å². The predicted octanol–water partition coefficient (Wildman–Crippen LogP) is -1.59. The van der Waals surface area contributed by atoms with E-state index < -0.39 is 41.5 Å². The predicted molar refractivity (Wildman–Crippen MR) is 179 cm³/mol. The van der Waals surface area contributed by atoms with Gasteiger partial charge in [0.1, 0.15) is 10.1 Å². The molecule has 0 aliphatic heterocycles. The molecule has 2 N–H and O–H groups in total. The summed E-state index contributed by atoms with van der Waals surface area (Å²) in [4.78, 5) is 13.2. The molecule has 4 aromatic rings. The van der Waals surface area contributed by atoms with Gasteiger partial charge in [-0.15, -0.1) is 5.10 Å². The van der Waals surface area contributed by atoms with Gasteiger partial charge in [0.05, 0.1) is 43.2 Å². The quantitative estimate of drug-likeness (QED) is 0.0724. The van der Waals surface area contributed by atoms with Gasteiger partial charge in [0.15, 0.2) is 0 Å². The van der Waals surface area contributed by atoms with E-state index in [1.54, 1.807) is 30.4 Å². The molecule has 0 bridgehead atoms. The van der Waals surface area contributed by atoms with Crippen molar-refractivity contribution in [2.75, 3.05) is 5.43 Å². The molecule has 0 amide bonds. The van der Waals surface area contributed by atoms with Crippen molar-refractivity contribution in [3.05, 3.63) is 130 Å². The van der Waals surface area contributed by atoms with E-state index in [1.165, 1.54) is 36.4 Å². The topological polar surface area (TPSA) is 239 Å². The van der Waals surface area contributed by atoms with E-state index >= 15 is 0 Å². The SMILES string of the molecule is O=[N+]([O-])c1ccc(N=C2C=CC(=NN=C3C=CC(=NNc4ccc5cc(S(=O)(=O)O)ccc5c4[O-])c4ccccc43)C=C2)c(S(=O)(=O)[O-])c1.[Na+].[Na+]. The van der Waals surface area contributed by atoms with Crippen molar-refractivity contribution in [1.29, 1.82) is 0 Å². The molecule has 0 saturated heterocycles. The van der Waals surface area contributed by atoms with E-state index in [0.29, 0.717) is 39.7 Å². The average molecular weight is 743 g/mol. The van der Waals surface area contributed by atoms with Gasteiger partial charge < -0.3 is 9.66 Å². The Morgan fingerprint density at radius 3 is 2.04 bits per heavy atom. The van der Waals surface area contributed by atoms with Crippen LogP contribution in [0.4, 0.5) is 17.1 Å². The maximum Gasteiger partial charge on any atom is 1.00 e. The van der Waals surface area contributed by atoms with Gasteiger partial charge in [0.2, 0.25) is 0 Å². The Hall–Kier alpha value is -4.14. The van der Waals surface area contributed by atoms with E-state index in [-0.39, 0.29) is 86.5 Å². The molecule has 2 aliphatic rings. The van der Waals surface area contributed by atoms with Crippen LogP contribution in [0.2, 0.25) is 0 Å². The first-order valence-electron chi connectivity index (χ1n) is 14.0. The molecular formula is C32H20N6Na2O9S2. The molecule has 4 aromatic carbocycles. The van der Waals surface area contributed by atoms with Gasteiger partial charge >= 0.3 is 59.1 Å². The number of nitrogens with zero attached hydrogens (tertiary/aromatic N) is 5. The first kappa shape index (κ1) is 39.6. The molecule has 246 valence electrons. The number of benzene rings is 4. The Labute approximate surface area is 334 Å². The summed E-state index contributed by atoms with van der Waals surface area (Å²) in [5.41, 5.74) is 5.19. The molecule has 0 aromatic heterocycles. The Morgan fingerprint density at radius 1 is 0.745 bits per heavy atom. The number of hydrazone groups is 1. The number of anilines is 1. The van der Waals surface area contributed by atoms with Crippen molar-refractivity contribution in [2.45, 2.75) is 9.79 Å². The molecule has 51 heavy (non-hydrogen) atoms. The van der Waals surface area contributed by atoms with E-state index in [1.807, 2.05) is 18.2 Å². The van der Waals surface area contributed by atoms with Crippen LogP contribution in [0.5, 0.6) is 5.75 Å². The summed E-state index contributed by atoms with van der Waals surface area (Å²) in [6.45, 7) is 0. The fraction of sp³-hybridized carbons (Fsp3) is 0. The van der Waals surface area contributed by atoms with Crippen LogP contribution in [0, 0.1) is 10.1 Å². The van der Waals surface area contributed by atoms with Crippen LogP contribution in [0.3, 0.4) is 0 Å². The number of nitrogens with one attached hydrogen (secondary N) is 1. The van der Waals surface area contributed by atoms with Crippen molar-refractivity contribution in [1.82, 2.24) is 0 Å². The zero-order valence-corrected chi connectivity index (χ0v) is 32.3. The minimum absolute atomic E-state index is 0. The Balaban J connectivity index is 0.00000292. The van der Waals surface area contributed by atoms with Gasteiger partial charge in [0, 0.05) is 28.9 Å². The minimum atomic E-state index is -5.04. The van der Waals surface area contributed by atoms with Crippen molar-refractivity contribution >= 4 is 70.9 Å². The minimum Gasteiger partial charge on any atom is -0.871 e. The van der Waals surface area contributed by atoms with Crippen LogP contribution in [-0.2, 0) is 20.2 Å². The summed E-state index contributed by atoms with van der Waals surface area (Å²) in [5.74, 6) is -0.416. The molecule has 0 unspecified atom stereocenters. The second kappa shape index (κ2) is 16.0. The summed E-state index contributed by atoms with van der Waals surface area (Å²) in [6.07, 6.45) is 9.50. The van der Waals surface area contributed by atoms with Gasteiger partial charge in [-0.1, -0.05) is 42.1 Å². The van der Waals surface area contributed by atoms with E-state index in [0.717, 1.165) is 18.2 Å². The molecule has 15 nitrogen and oxygen atoms in total. The summed E-state index contributed by atoms with van der Waals surface area (Å²) in [6, 6.07) is 16.7. The monoisotopic (exact) mass is 742 g/mol. The molecule has 0 saturated carbocycles. The fourth-order valence-electron chi connectivity index (χ4n) is 4.85. The second-order valence-electron chi connectivity index (χ2n) is 10.4. The molecule has 0 heterocycles. The molecule has 0 atom stereocenters. The summed E-state index contributed by atoms with van der Waals surface area (Å²) in [5, 5.41) is 37.7. The van der Waals surface area contributed by atoms with Crippen LogP contribution in [0.1, 0.15) is 11.1 Å². The standard InChI is InChI=1S/C32H22N6O9S2.2Na/c39-32-24-12-11-23(48(42,43)44)17-19(24)5-13-30(32)37-36-28-16-15-27(25-3-1-2-4-26(25)28)35-34-21-8-6-20(7-9-21)33-29-14-10-22(38(40)41)18-31(29)49(45,46)47;;/h1-18,37,39H,(H,42,43,44)(H,45,46,47);;/q;2*+1/p-2. The van der Waals surface area contributed by atoms with Crippen LogP contribution in [-0.4, -0.2) is 53.7 Å². The van der Waals surface area contributed by atoms with E-state index in [4.69, 9.17) is 0 Å². The van der Waals surface area contributed by atoms with Crippen molar-refractivity contribution in [2.24, 2.45) is 20.3 Å². The third-order valence-corrected chi connectivity index (χ3v) is 8.93. The maximum atomic E-state index is 13.0. The average Bonchev–Trinajstić information content (AvgIpc) is 3.07. The molecule has 19 heteroatoms. The smallest absolute Gasteiger partial charge is 0.871 e. The molecule has 6 rings (SSSR count). The van der Waals surface area contributed by atoms with Gasteiger partial charge in [-0.05, 0) is 71.5 Å². The normalized spacial score (nSPS) is 15.3. The summed E-state index contributed by atoms with van der Waals surface area (Å²) >= 11 is 0. The molecule has 0 fully saturated rings. The third-order valence-electron chi connectivity index (χ3n) is 7.21. The van der Waals surface area contributed by atoms with Gasteiger partial charge in [-0.3, -0.25) is 20.1 Å². The van der Waals surface area contributed by atoms with Gasteiger partial charge in [0.25, 0.3) is 15.8 Å². The summed E-state index contributed by atoms with van der Waals surface area (Å²) in [7, 11) is -9.47. The molecule has 0 radical (unpaired) electrons. The number of aliphatic imine (C=N–C) groups is 1. The van der Waals surface area contributed by atoms with Crippen molar-refractivity contribution in [3.63, 3.8) is 0 Å². The first-order chi connectivity index (χ1) is 23.3. The number of hydrogen-bond acceptors (Lipinski definition) is 13. The van der Waals surface area contributed by atoms with E-state index in [9.17, 15) is 41.2 Å². The Morgan fingerprint density at radius 2 is 1.39 bits per heavy atom. The second-order valence-corrected chi connectivity index (χ2v) is 13.1. The number of nitro benzene ring substituents is 1. The van der Waals surface area contributed by atoms with Gasteiger partial charge in [-0.2, -0.15) is 18.6 Å². The van der Waals surface area contributed by atoms with Gasteiger partial charge in [-0.25, -0.2) is 13.4 Å².